The van der Waals surface area contributed by atoms with Gasteiger partial charge < -0.3 is 39.1 Å². The number of rotatable bonds is 23. The maximum Gasteiger partial charge on any atom is 0.224 e. The molecule has 0 saturated heterocycles. The average molecular weight is 451 g/mol. The Bertz CT molecular complexity index is 400. The molecular formula is C22H46N2O7. The molecule has 0 heterocycles. The Morgan fingerprint density at radius 1 is 0.710 bits per heavy atom. The Labute approximate surface area is 188 Å². The number of nitrogens with zero attached hydrogens (tertiary/aromatic N) is 1. The molecule has 0 aliphatic rings. The number of ether oxygens (including phenoxy) is 6. The van der Waals surface area contributed by atoms with Crippen LogP contribution in [0.2, 0.25) is 0 Å². The lowest BCUT2D eigenvalue weighted by Gasteiger charge is -2.30. The van der Waals surface area contributed by atoms with E-state index in [1.165, 1.54) is 0 Å². The van der Waals surface area contributed by atoms with E-state index in [9.17, 15) is 4.79 Å². The third-order valence-electron chi connectivity index (χ3n) is 4.66. The van der Waals surface area contributed by atoms with Gasteiger partial charge >= 0.3 is 0 Å². The Kier molecular flexibility index (Phi) is 21.8. The summed E-state index contributed by atoms with van der Waals surface area (Å²) in [5.74, 6) is 0.577. The molecular weight excluding hydrogens is 404 g/mol. The highest BCUT2D eigenvalue weighted by molar-refractivity contribution is 5.76. The largest absolute Gasteiger partial charge is 0.379 e. The van der Waals surface area contributed by atoms with Crippen molar-refractivity contribution in [2.75, 3.05) is 92.9 Å². The summed E-state index contributed by atoms with van der Waals surface area (Å²) in [6.07, 6.45) is 1.36. The van der Waals surface area contributed by atoms with Crippen LogP contribution in [0.1, 0.15) is 33.6 Å². The van der Waals surface area contributed by atoms with Crippen LogP contribution in [0.4, 0.5) is 0 Å². The topological polar surface area (TPSA) is 102 Å². The van der Waals surface area contributed by atoms with Gasteiger partial charge in [-0.05, 0) is 12.3 Å². The zero-order valence-corrected chi connectivity index (χ0v) is 20.1. The number of amides is 1. The molecule has 1 amide bonds. The van der Waals surface area contributed by atoms with Crippen molar-refractivity contribution in [1.82, 2.24) is 4.90 Å². The van der Waals surface area contributed by atoms with Gasteiger partial charge in [0.1, 0.15) is 0 Å². The fourth-order valence-corrected chi connectivity index (χ4v) is 3.00. The van der Waals surface area contributed by atoms with Crippen LogP contribution in [0, 0.1) is 5.92 Å². The molecule has 0 radical (unpaired) electrons. The van der Waals surface area contributed by atoms with Crippen molar-refractivity contribution in [2.45, 2.75) is 39.7 Å². The molecule has 0 spiro atoms. The normalized spacial score (nSPS) is 12.5. The van der Waals surface area contributed by atoms with Gasteiger partial charge in [0.15, 0.2) is 0 Å². The summed E-state index contributed by atoms with van der Waals surface area (Å²) in [5.41, 5.74) is 5.31. The first-order valence-electron chi connectivity index (χ1n) is 11.5. The molecule has 0 unspecified atom stereocenters. The number of carbonyl (C=O) groups excluding carboxylic acids is 1. The Hall–Kier alpha value is -0.810. The maximum absolute atomic E-state index is 12.2. The molecule has 0 bridgehead atoms. The zero-order valence-electron chi connectivity index (χ0n) is 20.1. The number of carbonyl (C=O) groups is 1. The molecule has 9 nitrogen and oxygen atoms in total. The Balaban J connectivity index is 3.31. The SMILES string of the molecule is CC[C@H](C(C)C)N(C)C(=O)CCOCCOCCOCCOCCOCCOCCN. The standard InChI is InChI=1S/C22H46N2O7/c1-5-21(20(2)3)24(4)22(25)6-8-26-10-12-28-14-16-30-18-19-31-17-15-29-13-11-27-9-7-23/h20-21H,5-19,23H2,1-4H3/t21-/m1/s1. The van der Waals surface area contributed by atoms with Crippen LogP contribution in [0.15, 0.2) is 0 Å². The molecule has 0 fully saturated rings. The molecule has 2 N–H and O–H groups in total. The molecule has 0 rings (SSSR count). The summed E-state index contributed by atoms with van der Waals surface area (Å²) in [6.45, 7) is 13.1. The lowest BCUT2D eigenvalue weighted by molar-refractivity contribution is -0.134. The molecule has 0 aromatic heterocycles. The van der Waals surface area contributed by atoms with Crippen molar-refractivity contribution in [2.24, 2.45) is 11.7 Å². The van der Waals surface area contributed by atoms with Crippen LogP contribution in [-0.4, -0.2) is 110 Å². The molecule has 31 heavy (non-hydrogen) atoms. The monoisotopic (exact) mass is 450 g/mol. The summed E-state index contributed by atoms with van der Waals surface area (Å²) in [7, 11) is 1.87. The van der Waals surface area contributed by atoms with Gasteiger partial charge in [-0.1, -0.05) is 20.8 Å². The predicted molar refractivity (Wildman–Crippen MR) is 120 cm³/mol. The summed E-state index contributed by atoms with van der Waals surface area (Å²) < 4.78 is 32.3. The fraction of sp³-hybridized carbons (Fsp3) is 0.955. The fourth-order valence-electron chi connectivity index (χ4n) is 3.00. The second-order valence-electron chi connectivity index (χ2n) is 7.44. The van der Waals surface area contributed by atoms with E-state index >= 15 is 0 Å². The van der Waals surface area contributed by atoms with Crippen LogP contribution in [0.3, 0.4) is 0 Å². The van der Waals surface area contributed by atoms with E-state index in [1.54, 1.807) is 0 Å². The number of nitrogens with two attached hydrogens (primary N) is 1. The van der Waals surface area contributed by atoms with Gasteiger partial charge in [-0.25, -0.2) is 0 Å². The molecule has 0 aromatic carbocycles. The molecule has 0 aliphatic heterocycles. The van der Waals surface area contributed by atoms with Gasteiger partial charge in [0.2, 0.25) is 5.91 Å². The minimum Gasteiger partial charge on any atom is -0.379 e. The highest BCUT2D eigenvalue weighted by atomic mass is 16.6. The number of hydrogen-bond acceptors (Lipinski definition) is 8. The Morgan fingerprint density at radius 2 is 1.06 bits per heavy atom. The highest BCUT2D eigenvalue weighted by Gasteiger charge is 2.20. The van der Waals surface area contributed by atoms with Crippen LogP contribution in [0.5, 0.6) is 0 Å². The van der Waals surface area contributed by atoms with Crippen LogP contribution < -0.4 is 5.73 Å². The van der Waals surface area contributed by atoms with Crippen molar-refractivity contribution in [1.29, 1.82) is 0 Å². The van der Waals surface area contributed by atoms with Gasteiger partial charge in [-0.3, -0.25) is 4.79 Å². The maximum atomic E-state index is 12.2. The first-order valence-corrected chi connectivity index (χ1v) is 11.5. The van der Waals surface area contributed by atoms with Crippen molar-refractivity contribution in [3.8, 4) is 0 Å². The molecule has 9 heteroatoms. The first kappa shape index (κ1) is 30.2. The minimum atomic E-state index is 0.125. The number of hydrogen-bond donors (Lipinski definition) is 1. The third-order valence-corrected chi connectivity index (χ3v) is 4.66. The minimum absolute atomic E-state index is 0.125. The van der Waals surface area contributed by atoms with Gasteiger partial charge in [0.05, 0.1) is 85.7 Å². The van der Waals surface area contributed by atoms with E-state index in [0.717, 1.165) is 6.42 Å². The van der Waals surface area contributed by atoms with Crippen molar-refractivity contribution in [3.63, 3.8) is 0 Å². The van der Waals surface area contributed by atoms with Crippen molar-refractivity contribution < 1.29 is 33.2 Å². The van der Waals surface area contributed by atoms with E-state index in [1.807, 2.05) is 11.9 Å². The molecule has 1 atom stereocenters. The van der Waals surface area contributed by atoms with Gasteiger partial charge in [0.25, 0.3) is 0 Å². The summed E-state index contributed by atoms with van der Waals surface area (Å²) in [4.78, 5) is 14.0. The highest BCUT2D eigenvalue weighted by Crippen LogP contribution is 2.13. The molecule has 186 valence electrons. The summed E-state index contributed by atoms with van der Waals surface area (Å²) in [5, 5.41) is 0. The first-order chi connectivity index (χ1) is 15.0. The van der Waals surface area contributed by atoms with Gasteiger partial charge in [0, 0.05) is 19.6 Å². The van der Waals surface area contributed by atoms with E-state index in [0.29, 0.717) is 98.2 Å². The van der Waals surface area contributed by atoms with E-state index in [2.05, 4.69) is 20.8 Å². The second-order valence-corrected chi connectivity index (χ2v) is 7.44. The third kappa shape index (κ3) is 18.5. The predicted octanol–water partition coefficient (Wildman–Crippen LogP) is 1.33. The summed E-state index contributed by atoms with van der Waals surface area (Å²) in [6, 6.07) is 0.279. The Morgan fingerprint density at radius 3 is 1.39 bits per heavy atom. The van der Waals surface area contributed by atoms with E-state index < -0.39 is 0 Å². The van der Waals surface area contributed by atoms with Crippen LogP contribution in [0.25, 0.3) is 0 Å². The van der Waals surface area contributed by atoms with Crippen LogP contribution in [-0.2, 0) is 33.2 Å². The smallest absolute Gasteiger partial charge is 0.224 e. The van der Waals surface area contributed by atoms with Gasteiger partial charge in [-0.2, -0.15) is 0 Å². The summed E-state index contributed by atoms with van der Waals surface area (Å²) >= 11 is 0. The average Bonchev–Trinajstić information content (AvgIpc) is 2.75. The van der Waals surface area contributed by atoms with Crippen molar-refractivity contribution >= 4 is 5.91 Å². The van der Waals surface area contributed by atoms with Crippen LogP contribution >= 0.6 is 0 Å². The lowest BCUT2D eigenvalue weighted by atomic mass is 10.0. The molecule has 0 aromatic rings. The molecule has 0 saturated carbocycles. The van der Waals surface area contributed by atoms with Gasteiger partial charge in [-0.15, -0.1) is 0 Å². The van der Waals surface area contributed by atoms with Crippen molar-refractivity contribution in [3.05, 3.63) is 0 Å². The van der Waals surface area contributed by atoms with E-state index in [4.69, 9.17) is 34.2 Å². The quantitative estimate of drug-likeness (QED) is 0.233. The zero-order chi connectivity index (χ0) is 23.2. The lowest BCUT2D eigenvalue weighted by Crippen LogP contribution is -2.40. The second kappa shape index (κ2) is 22.4. The molecule has 0 aliphatic carbocycles. The van der Waals surface area contributed by atoms with E-state index in [-0.39, 0.29) is 11.9 Å².